The molecular formula is C11H8O2. The second-order valence-electron chi connectivity index (χ2n) is 3.01. The number of aldehydes is 1. The van der Waals surface area contributed by atoms with Crippen LogP contribution in [0.1, 0.15) is 0 Å². The van der Waals surface area contributed by atoms with Gasteiger partial charge in [-0.2, -0.15) is 0 Å². The normalized spacial score (nSPS) is 23.5. The summed E-state index contributed by atoms with van der Waals surface area (Å²) in [4.78, 5) is 21.3. The van der Waals surface area contributed by atoms with Crippen LogP contribution in [0.4, 0.5) is 0 Å². The molecule has 0 N–H and O–H groups in total. The van der Waals surface area contributed by atoms with Gasteiger partial charge in [0.1, 0.15) is 0 Å². The number of hydrogen-bond acceptors (Lipinski definition) is 2. The molecule has 0 radical (unpaired) electrons. The number of carbonyl (C=O) groups is 2. The molecule has 0 amide bonds. The van der Waals surface area contributed by atoms with Crippen molar-refractivity contribution in [1.29, 1.82) is 0 Å². The fraction of sp³-hybridized carbons (Fsp3) is 0.0909. The highest BCUT2D eigenvalue weighted by molar-refractivity contribution is 6.27. The summed E-state index contributed by atoms with van der Waals surface area (Å²) in [6.45, 7) is 0. The molecule has 0 aromatic carbocycles. The first-order valence-electron chi connectivity index (χ1n) is 4.09. The number of ketones is 1. The quantitative estimate of drug-likeness (QED) is 0.465. The second-order valence-corrected chi connectivity index (χ2v) is 3.01. The lowest BCUT2D eigenvalue weighted by Crippen LogP contribution is -2.13. The van der Waals surface area contributed by atoms with E-state index in [-0.39, 0.29) is 11.7 Å². The number of Topliss-reactive ketones (excluding diaryl/α,β-unsaturated/α-hetero) is 1. The summed E-state index contributed by atoms with van der Waals surface area (Å²) in [5.41, 5.74) is 2.14. The van der Waals surface area contributed by atoms with Crippen molar-refractivity contribution in [2.75, 3.05) is 0 Å². The molecule has 2 heteroatoms. The number of hydrogen-bond donors (Lipinski definition) is 0. The Morgan fingerprint density at radius 3 is 2.92 bits per heavy atom. The van der Waals surface area contributed by atoms with E-state index in [9.17, 15) is 9.59 Å². The van der Waals surface area contributed by atoms with E-state index >= 15 is 0 Å². The maximum absolute atomic E-state index is 11.0. The summed E-state index contributed by atoms with van der Waals surface area (Å²) in [5.74, 6) is -0.754. The van der Waals surface area contributed by atoms with Crippen molar-refractivity contribution in [3.05, 3.63) is 47.6 Å². The molecule has 2 nitrogen and oxygen atoms in total. The summed E-state index contributed by atoms with van der Waals surface area (Å²) in [6, 6.07) is 0. The summed E-state index contributed by atoms with van der Waals surface area (Å²) >= 11 is 0. The Balaban J connectivity index is 2.29. The van der Waals surface area contributed by atoms with Crippen LogP contribution in [0.15, 0.2) is 47.6 Å². The van der Waals surface area contributed by atoms with Gasteiger partial charge in [-0.3, -0.25) is 9.59 Å². The summed E-state index contributed by atoms with van der Waals surface area (Å²) in [6.07, 6.45) is 11.7. The second kappa shape index (κ2) is 2.98. The first-order valence-corrected chi connectivity index (χ1v) is 4.09. The number of fused-ring (bicyclic) bond motifs is 1. The van der Waals surface area contributed by atoms with Crippen LogP contribution in [-0.2, 0) is 9.59 Å². The first kappa shape index (κ1) is 7.92. The van der Waals surface area contributed by atoms with Crippen molar-refractivity contribution >= 4 is 12.1 Å². The van der Waals surface area contributed by atoms with E-state index in [2.05, 4.69) is 0 Å². The molecule has 2 aliphatic rings. The van der Waals surface area contributed by atoms with Crippen molar-refractivity contribution < 1.29 is 9.59 Å². The minimum atomic E-state index is -0.386. The maximum Gasteiger partial charge on any atom is 0.205 e. The lowest BCUT2D eigenvalue weighted by atomic mass is 9.92. The summed E-state index contributed by atoms with van der Waals surface area (Å²) in [5, 5.41) is 0. The smallest absolute Gasteiger partial charge is 0.205 e. The van der Waals surface area contributed by atoms with Gasteiger partial charge in [0, 0.05) is 0 Å². The van der Waals surface area contributed by atoms with Gasteiger partial charge >= 0.3 is 0 Å². The van der Waals surface area contributed by atoms with E-state index < -0.39 is 0 Å². The predicted molar refractivity (Wildman–Crippen MR) is 49.0 cm³/mol. The summed E-state index contributed by atoms with van der Waals surface area (Å²) in [7, 11) is 0. The van der Waals surface area contributed by atoms with Gasteiger partial charge < -0.3 is 0 Å². The van der Waals surface area contributed by atoms with Crippen molar-refractivity contribution in [3.63, 3.8) is 0 Å². The van der Waals surface area contributed by atoms with Crippen molar-refractivity contribution in [1.82, 2.24) is 0 Å². The molecule has 2 rings (SSSR count). The molecule has 1 atom stereocenters. The molecule has 0 saturated heterocycles. The minimum absolute atomic E-state index is 0.368. The zero-order chi connectivity index (χ0) is 9.26. The Bertz CT molecular complexity index is 381. The van der Waals surface area contributed by atoms with Crippen LogP contribution in [0.5, 0.6) is 0 Å². The van der Waals surface area contributed by atoms with Gasteiger partial charge in [-0.25, -0.2) is 0 Å². The van der Waals surface area contributed by atoms with Crippen LogP contribution in [0.3, 0.4) is 0 Å². The average molecular weight is 172 g/mol. The molecule has 0 saturated carbocycles. The predicted octanol–water partition coefficient (Wildman–Crippen LogP) is 1.36. The van der Waals surface area contributed by atoms with Gasteiger partial charge in [-0.15, -0.1) is 0 Å². The Morgan fingerprint density at radius 1 is 1.31 bits per heavy atom. The van der Waals surface area contributed by atoms with Crippen LogP contribution >= 0.6 is 0 Å². The molecule has 0 heterocycles. The van der Waals surface area contributed by atoms with E-state index in [1.807, 2.05) is 30.4 Å². The average Bonchev–Trinajstić information content (AvgIpc) is 2.63. The Hall–Kier alpha value is -1.70. The SMILES string of the molecule is O=CC(=O)C1C=CC2=CC=CC2=C1. The van der Waals surface area contributed by atoms with E-state index in [0.29, 0.717) is 6.29 Å². The zero-order valence-corrected chi connectivity index (χ0v) is 6.94. The van der Waals surface area contributed by atoms with Crippen LogP contribution in [-0.4, -0.2) is 12.1 Å². The van der Waals surface area contributed by atoms with E-state index in [1.54, 1.807) is 6.08 Å². The standard InChI is InChI=1S/C11H8O2/c12-7-11(13)10-5-4-8-2-1-3-9(8)6-10/h1-7,10H. The van der Waals surface area contributed by atoms with E-state index in [1.165, 1.54) is 0 Å². The molecule has 0 aromatic heterocycles. The number of rotatable bonds is 2. The molecule has 0 bridgehead atoms. The Morgan fingerprint density at radius 2 is 2.15 bits per heavy atom. The Kier molecular flexibility index (Phi) is 1.81. The molecule has 0 aromatic rings. The van der Waals surface area contributed by atoms with Gasteiger partial charge in [0.2, 0.25) is 5.78 Å². The zero-order valence-electron chi connectivity index (χ0n) is 6.94. The van der Waals surface area contributed by atoms with E-state index in [0.717, 1.165) is 11.1 Å². The molecular weight excluding hydrogens is 164 g/mol. The molecule has 0 aliphatic heterocycles. The topological polar surface area (TPSA) is 34.1 Å². The lowest BCUT2D eigenvalue weighted by Gasteiger charge is -2.10. The molecule has 0 spiro atoms. The largest absolute Gasteiger partial charge is 0.295 e. The van der Waals surface area contributed by atoms with E-state index in [4.69, 9.17) is 0 Å². The highest BCUT2D eigenvalue weighted by Gasteiger charge is 2.17. The third-order valence-electron chi connectivity index (χ3n) is 2.17. The molecule has 64 valence electrons. The lowest BCUT2D eigenvalue weighted by molar-refractivity contribution is -0.130. The summed E-state index contributed by atoms with van der Waals surface area (Å²) < 4.78 is 0. The Labute approximate surface area is 75.9 Å². The van der Waals surface area contributed by atoms with Gasteiger partial charge in [-0.05, 0) is 11.1 Å². The monoisotopic (exact) mass is 172 g/mol. The highest BCUT2D eigenvalue weighted by Crippen LogP contribution is 2.26. The van der Waals surface area contributed by atoms with Crippen LogP contribution in [0, 0.1) is 5.92 Å². The highest BCUT2D eigenvalue weighted by atomic mass is 16.2. The molecule has 0 fully saturated rings. The molecule has 2 aliphatic carbocycles. The minimum Gasteiger partial charge on any atom is -0.295 e. The van der Waals surface area contributed by atoms with Crippen molar-refractivity contribution in [3.8, 4) is 0 Å². The molecule has 13 heavy (non-hydrogen) atoms. The van der Waals surface area contributed by atoms with Crippen LogP contribution in [0.25, 0.3) is 0 Å². The maximum atomic E-state index is 11.0. The van der Waals surface area contributed by atoms with Gasteiger partial charge in [-0.1, -0.05) is 36.5 Å². The van der Waals surface area contributed by atoms with Crippen LogP contribution in [0.2, 0.25) is 0 Å². The van der Waals surface area contributed by atoms with Gasteiger partial charge in [0.25, 0.3) is 0 Å². The third kappa shape index (κ3) is 1.31. The van der Waals surface area contributed by atoms with Gasteiger partial charge in [0.15, 0.2) is 6.29 Å². The van der Waals surface area contributed by atoms with Crippen molar-refractivity contribution in [2.24, 2.45) is 5.92 Å². The molecule has 1 unspecified atom stereocenters. The third-order valence-corrected chi connectivity index (χ3v) is 2.17. The van der Waals surface area contributed by atoms with Crippen LogP contribution < -0.4 is 0 Å². The number of allylic oxidation sites excluding steroid dienone is 8. The van der Waals surface area contributed by atoms with Crippen molar-refractivity contribution in [2.45, 2.75) is 0 Å². The fourth-order valence-electron chi connectivity index (χ4n) is 1.46. The number of carbonyl (C=O) groups excluding carboxylic acids is 2. The fourth-order valence-corrected chi connectivity index (χ4v) is 1.46. The van der Waals surface area contributed by atoms with Gasteiger partial charge in [0.05, 0.1) is 5.92 Å². The first-order chi connectivity index (χ1) is 6.31.